The van der Waals surface area contributed by atoms with Crippen LogP contribution >= 0.6 is 0 Å². The fraction of sp³-hybridized carbons (Fsp3) is 0.333. The number of pyridine rings is 1. The van der Waals surface area contributed by atoms with Crippen LogP contribution in [0.4, 0.5) is 13.2 Å². The first-order valence-corrected chi connectivity index (χ1v) is 9.56. The van der Waals surface area contributed by atoms with Crippen LogP contribution in [0.2, 0.25) is 0 Å². The first kappa shape index (κ1) is 23.2. The summed E-state index contributed by atoms with van der Waals surface area (Å²) in [4.78, 5) is 32.8. The Labute approximate surface area is 181 Å². The Morgan fingerprint density at radius 3 is 2.56 bits per heavy atom. The van der Waals surface area contributed by atoms with Crippen molar-refractivity contribution in [3.63, 3.8) is 0 Å². The van der Waals surface area contributed by atoms with Gasteiger partial charge in [0.1, 0.15) is 5.69 Å². The number of amides is 1. The smallest absolute Gasteiger partial charge is 0.475 e. The van der Waals surface area contributed by atoms with E-state index in [4.69, 9.17) is 14.6 Å². The molecule has 1 N–H and O–H groups in total. The minimum atomic E-state index is -5.08. The average molecular weight is 450 g/mol. The Kier molecular flexibility index (Phi) is 6.78. The van der Waals surface area contributed by atoms with E-state index in [1.807, 2.05) is 46.8 Å². The highest BCUT2D eigenvalue weighted by molar-refractivity contribution is 5.95. The topological polar surface area (TPSA) is 97.5 Å². The summed E-state index contributed by atoms with van der Waals surface area (Å²) in [5, 5.41) is 8.15. The third-order valence-corrected chi connectivity index (χ3v) is 5.02. The van der Waals surface area contributed by atoms with Gasteiger partial charge in [0, 0.05) is 31.7 Å². The molecule has 170 valence electrons. The summed E-state index contributed by atoms with van der Waals surface area (Å²) >= 11 is 0. The zero-order valence-electron chi connectivity index (χ0n) is 17.3. The second kappa shape index (κ2) is 9.35. The molecule has 4 rings (SSSR count). The number of aromatic nitrogens is 3. The third-order valence-electron chi connectivity index (χ3n) is 5.02. The van der Waals surface area contributed by atoms with Gasteiger partial charge in [-0.2, -0.15) is 13.2 Å². The van der Waals surface area contributed by atoms with E-state index in [1.165, 1.54) is 0 Å². The molecule has 1 aliphatic rings. The van der Waals surface area contributed by atoms with Crippen molar-refractivity contribution >= 4 is 22.8 Å². The molecule has 11 heteroatoms. The lowest BCUT2D eigenvalue weighted by Gasteiger charge is -2.35. The molecular formula is C21H21F3N4O4. The Bertz CT molecular complexity index is 1130. The number of carboxylic acids is 1. The molecule has 32 heavy (non-hydrogen) atoms. The number of ether oxygens (including phenoxy) is 1. The van der Waals surface area contributed by atoms with Crippen LogP contribution in [-0.4, -0.2) is 62.4 Å². The number of aliphatic carboxylic acids is 1. The van der Waals surface area contributed by atoms with Gasteiger partial charge < -0.3 is 19.3 Å². The number of halogens is 3. The zero-order chi connectivity index (χ0) is 23.5. The number of aryl methyl sites for hydroxylation is 1. The molecular weight excluding hydrogens is 429 g/mol. The Hall–Kier alpha value is -3.47. The van der Waals surface area contributed by atoms with Gasteiger partial charge in [-0.25, -0.2) is 14.8 Å². The van der Waals surface area contributed by atoms with Gasteiger partial charge in [-0.15, -0.1) is 0 Å². The summed E-state index contributed by atoms with van der Waals surface area (Å²) in [6.45, 7) is 0.974. The first-order valence-electron chi connectivity index (χ1n) is 9.56. The van der Waals surface area contributed by atoms with Gasteiger partial charge in [-0.1, -0.05) is 24.3 Å². The molecule has 0 radical (unpaired) electrons. The fourth-order valence-electron chi connectivity index (χ4n) is 3.43. The SMILES string of the molecule is COCC1Cc2c(ncn2C)CN1C(=O)c1ccc2ccccc2n1.O=C(O)C(F)(F)F. The number of imidazole rings is 1. The van der Waals surface area contributed by atoms with E-state index in [-0.39, 0.29) is 11.9 Å². The fourth-order valence-corrected chi connectivity index (χ4v) is 3.43. The van der Waals surface area contributed by atoms with E-state index >= 15 is 0 Å². The third kappa shape index (κ3) is 5.05. The van der Waals surface area contributed by atoms with Gasteiger partial charge in [0.15, 0.2) is 0 Å². The number of alkyl halides is 3. The zero-order valence-corrected chi connectivity index (χ0v) is 17.3. The average Bonchev–Trinajstić information content (AvgIpc) is 3.12. The summed E-state index contributed by atoms with van der Waals surface area (Å²) in [5.74, 6) is -2.84. The largest absolute Gasteiger partial charge is 0.490 e. The van der Waals surface area contributed by atoms with Crippen LogP contribution < -0.4 is 0 Å². The van der Waals surface area contributed by atoms with Crippen molar-refractivity contribution in [2.24, 2.45) is 7.05 Å². The number of carbonyl (C=O) groups is 2. The van der Waals surface area contributed by atoms with Crippen molar-refractivity contribution in [3.05, 3.63) is 59.8 Å². The molecule has 3 heterocycles. The van der Waals surface area contributed by atoms with E-state index in [9.17, 15) is 18.0 Å². The minimum absolute atomic E-state index is 0.0197. The number of hydrogen-bond acceptors (Lipinski definition) is 5. The summed E-state index contributed by atoms with van der Waals surface area (Å²) in [5.41, 5.74) is 3.40. The predicted molar refractivity (Wildman–Crippen MR) is 108 cm³/mol. The summed E-state index contributed by atoms with van der Waals surface area (Å²) in [6.07, 6.45) is -2.55. The normalized spacial score (nSPS) is 15.7. The van der Waals surface area contributed by atoms with Crippen molar-refractivity contribution in [1.29, 1.82) is 0 Å². The van der Waals surface area contributed by atoms with Crippen molar-refractivity contribution in [2.45, 2.75) is 25.2 Å². The number of fused-ring (bicyclic) bond motifs is 2. The summed E-state index contributed by atoms with van der Waals surface area (Å²) in [7, 11) is 3.65. The Morgan fingerprint density at radius 2 is 1.91 bits per heavy atom. The monoisotopic (exact) mass is 450 g/mol. The molecule has 0 bridgehead atoms. The second-order valence-corrected chi connectivity index (χ2v) is 7.19. The van der Waals surface area contributed by atoms with E-state index in [1.54, 1.807) is 19.5 Å². The molecule has 0 saturated heterocycles. The van der Waals surface area contributed by atoms with E-state index in [0.29, 0.717) is 18.8 Å². The number of nitrogens with zero attached hydrogens (tertiary/aromatic N) is 4. The maximum atomic E-state index is 13.1. The van der Waals surface area contributed by atoms with Gasteiger partial charge in [0.05, 0.1) is 36.7 Å². The molecule has 1 atom stereocenters. The van der Waals surface area contributed by atoms with Crippen LogP contribution in [0.1, 0.15) is 21.9 Å². The van der Waals surface area contributed by atoms with Crippen molar-refractivity contribution in [1.82, 2.24) is 19.4 Å². The molecule has 1 aliphatic heterocycles. The van der Waals surface area contributed by atoms with Crippen molar-refractivity contribution in [3.8, 4) is 0 Å². The quantitative estimate of drug-likeness (QED) is 0.659. The summed E-state index contributed by atoms with van der Waals surface area (Å²) in [6, 6.07) is 11.5. The highest BCUT2D eigenvalue weighted by Gasteiger charge is 2.38. The molecule has 0 spiro atoms. The van der Waals surface area contributed by atoms with Crippen LogP contribution in [0.15, 0.2) is 42.7 Å². The lowest BCUT2D eigenvalue weighted by molar-refractivity contribution is -0.192. The number of methoxy groups -OCH3 is 1. The van der Waals surface area contributed by atoms with E-state index < -0.39 is 12.1 Å². The van der Waals surface area contributed by atoms with E-state index in [0.717, 1.165) is 28.7 Å². The molecule has 3 aromatic rings. The first-order chi connectivity index (χ1) is 15.1. The molecule has 1 unspecified atom stereocenters. The van der Waals surface area contributed by atoms with Crippen LogP contribution in [0, 0.1) is 0 Å². The van der Waals surface area contributed by atoms with Crippen molar-refractivity contribution in [2.75, 3.05) is 13.7 Å². The molecule has 1 amide bonds. The van der Waals surface area contributed by atoms with Gasteiger partial charge in [0.2, 0.25) is 0 Å². The van der Waals surface area contributed by atoms with Gasteiger partial charge >= 0.3 is 12.1 Å². The van der Waals surface area contributed by atoms with E-state index in [2.05, 4.69) is 9.97 Å². The molecule has 1 aromatic carbocycles. The standard InChI is InChI=1S/C19H20N4O2.C2HF3O2/c1-22-12-20-17-10-23(14(11-25-2)9-18(17)22)19(24)16-8-7-13-5-3-4-6-15(13)21-16;3-2(4,5)1(6)7/h3-8,12,14H,9-11H2,1-2H3;(H,6,7). The maximum Gasteiger partial charge on any atom is 0.490 e. The highest BCUT2D eigenvalue weighted by Crippen LogP contribution is 2.24. The van der Waals surface area contributed by atoms with Crippen LogP contribution in [0.3, 0.4) is 0 Å². The maximum absolute atomic E-state index is 13.1. The number of para-hydroxylation sites is 1. The Morgan fingerprint density at radius 1 is 1.22 bits per heavy atom. The van der Waals surface area contributed by atoms with Gasteiger partial charge in [-0.05, 0) is 12.1 Å². The molecule has 2 aromatic heterocycles. The molecule has 0 aliphatic carbocycles. The lowest BCUT2D eigenvalue weighted by atomic mass is 10.0. The molecule has 0 saturated carbocycles. The molecule has 0 fully saturated rings. The minimum Gasteiger partial charge on any atom is -0.475 e. The highest BCUT2D eigenvalue weighted by atomic mass is 19.4. The number of carbonyl (C=O) groups excluding carboxylic acids is 1. The lowest BCUT2D eigenvalue weighted by Crippen LogP contribution is -2.47. The second-order valence-electron chi connectivity index (χ2n) is 7.19. The number of benzene rings is 1. The van der Waals surface area contributed by atoms with Crippen LogP contribution in [0.5, 0.6) is 0 Å². The van der Waals surface area contributed by atoms with Gasteiger partial charge in [-0.3, -0.25) is 4.79 Å². The number of rotatable bonds is 3. The molecule has 8 nitrogen and oxygen atoms in total. The van der Waals surface area contributed by atoms with Crippen LogP contribution in [0.25, 0.3) is 10.9 Å². The summed E-state index contributed by atoms with van der Waals surface area (Å²) < 4.78 is 39.1. The van der Waals surface area contributed by atoms with Crippen molar-refractivity contribution < 1.29 is 32.6 Å². The predicted octanol–water partition coefficient (Wildman–Crippen LogP) is 2.82. The van der Waals surface area contributed by atoms with Gasteiger partial charge in [0.25, 0.3) is 5.91 Å². The number of carboxylic acid groups (broad SMARTS) is 1. The van der Waals surface area contributed by atoms with Crippen LogP contribution in [-0.2, 0) is 29.5 Å². The number of hydrogen-bond donors (Lipinski definition) is 1. The Balaban J connectivity index is 0.000000360.